The summed E-state index contributed by atoms with van der Waals surface area (Å²) >= 11 is 0. The summed E-state index contributed by atoms with van der Waals surface area (Å²) in [5.74, 6) is -0.0220. The van der Waals surface area contributed by atoms with Crippen LogP contribution in [-0.2, 0) is 20.2 Å². The Bertz CT molecular complexity index is 1010. The van der Waals surface area contributed by atoms with Crippen LogP contribution >= 0.6 is 0 Å². The lowest BCUT2D eigenvalue weighted by Gasteiger charge is -2.36. The molecule has 0 saturated carbocycles. The summed E-state index contributed by atoms with van der Waals surface area (Å²) < 4.78 is 34.0. The van der Waals surface area contributed by atoms with E-state index in [1.807, 2.05) is 12.1 Å². The van der Waals surface area contributed by atoms with E-state index < -0.39 is 16.1 Å². The number of carbonyl (C=O) groups is 1. The quantitative estimate of drug-likeness (QED) is 0.762. The van der Waals surface area contributed by atoms with Gasteiger partial charge in [-0.1, -0.05) is 51.1 Å². The minimum absolute atomic E-state index is 0.110. The molecule has 1 atom stereocenters. The van der Waals surface area contributed by atoms with Crippen LogP contribution in [0.4, 0.5) is 5.69 Å². The average Bonchev–Trinajstić information content (AvgIpc) is 2.70. The van der Waals surface area contributed by atoms with Gasteiger partial charge in [0.25, 0.3) is 15.9 Å². The zero-order valence-electron chi connectivity index (χ0n) is 16.9. The average molecular weight is 415 g/mol. The van der Waals surface area contributed by atoms with Crippen molar-refractivity contribution in [3.05, 3.63) is 66.7 Å². The largest absolute Gasteiger partial charge is 0.476 e. The van der Waals surface area contributed by atoms with Crippen molar-refractivity contribution in [3.63, 3.8) is 0 Å². The number of hydrogen-bond donors (Lipinski definition) is 1. The SMILES string of the molecule is C=CCNC(=O)C1CN(S(=O)(=O)c2ccccc2)c2cc(C(C)(C)C)ccc2O1. The normalized spacial score (nSPS) is 16.5. The van der Waals surface area contributed by atoms with Crippen LogP contribution in [0.5, 0.6) is 5.75 Å². The maximum atomic E-state index is 13.4. The molecule has 29 heavy (non-hydrogen) atoms. The third-order valence-corrected chi connectivity index (χ3v) is 6.53. The summed E-state index contributed by atoms with van der Waals surface area (Å²) in [6, 6.07) is 13.7. The van der Waals surface area contributed by atoms with Gasteiger partial charge in [-0.2, -0.15) is 0 Å². The first-order valence-electron chi connectivity index (χ1n) is 9.42. The van der Waals surface area contributed by atoms with Crippen molar-refractivity contribution in [1.82, 2.24) is 5.32 Å². The number of nitrogens with one attached hydrogen (secondary N) is 1. The van der Waals surface area contributed by atoms with Crippen molar-refractivity contribution in [1.29, 1.82) is 0 Å². The minimum atomic E-state index is -3.87. The molecule has 0 fully saturated rings. The molecule has 3 rings (SSSR count). The molecule has 0 radical (unpaired) electrons. The minimum Gasteiger partial charge on any atom is -0.476 e. The fourth-order valence-corrected chi connectivity index (χ4v) is 4.58. The van der Waals surface area contributed by atoms with Crippen molar-refractivity contribution < 1.29 is 17.9 Å². The van der Waals surface area contributed by atoms with Crippen molar-refractivity contribution in [2.45, 2.75) is 37.2 Å². The molecule has 2 aromatic rings. The van der Waals surface area contributed by atoms with E-state index in [1.54, 1.807) is 42.5 Å². The molecule has 0 aliphatic carbocycles. The summed E-state index contributed by atoms with van der Waals surface area (Å²) in [6.07, 6.45) is 0.601. The van der Waals surface area contributed by atoms with E-state index in [2.05, 4.69) is 32.7 Å². The van der Waals surface area contributed by atoms with Gasteiger partial charge in [-0.3, -0.25) is 9.10 Å². The van der Waals surface area contributed by atoms with Gasteiger partial charge in [0, 0.05) is 6.54 Å². The van der Waals surface area contributed by atoms with Crippen LogP contribution in [0.2, 0.25) is 0 Å². The summed E-state index contributed by atoms with van der Waals surface area (Å²) in [6.45, 7) is 9.91. The molecule has 1 heterocycles. The third kappa shape index (κ3) is 4.29. The Kier molecular flexibility index (Phi) is 5.71. The molecular weight excluding hydrogens is 388 g/mol. The van der Waals surface area contributed by atoms with Gasteiger partial charge in [0.2, 0.25) is 0 Å². The van der Waals surface area contributed by atoms with Crippen molar-refractivity contribution in [3.8, 4) is 5.75 Å². The van der Waals surface area contributed by atoms with Crippen LogP contribution in [0, 0.1) is 0 Å². The first-order chi connectivity index (χ1) is 13.6. The maximum absolute atomic E-state index is 13.4. The highest BCUT2D eigenvalue weighted by molar-refractivity contribution is 7.92. The molecule has 1 aliphatic rings. The summed E-state index contributed by atoms with van der Waals surface area (Å²) in [4.78, 5) is 12.7. The van der Waals surface area contributed by atoms with Crippen LogP contribution in [0.15, 0.2) is 66.1 Å². The van der Waals surface area contributed by atoms with Crippen LogP contribution in [0.1, 0.15) is 26.3 Å². The number of rotatable bonds is 5. The molecule has 1 aliphatic heterocycles. The molecule has 154 valence electrons. The molecule has 6 nitrogen and oxygen atoms in total. The second-order valence-corrected chi connectivity index (χ2v) is 9.78. The molecule has 1 amide bonds. The first-order valence-corrected chi connectivity index (χ1v) is 10.9. The molecule has 1 N–H and O–H groups in total. The topological polar surface area (TPSA) is 75.7 Å². The number of anilines is 1. The standard InChI is InChI=1S/C22H26N2O4S/c1-5-13-23-21(25)20-15-24(29(26,27)17-9-7-6-8-10-17)18-14-16(22(2,3)4)11-12-19(18)28-20/h5-12,14,20H,1,13,15H2,2-4H3,(H,23,25). The smallest absolute Gasteiger partial charge is 0.264 e. The third-order valence-electron chi connectivity index (χ3n) is 4.74. The van der Waals surface area contributed by atoms with E-state index in [0.29, 0.717) is 11.4 Å². The van der Waals surface area contributed by atoms with E-state index in [4.69, 9.17) is 4.74 Å². The molecule has 0 spiro atoms. The number of amides is 1. The van der Waals surface area contributed by atoms with Gasteiger partial charge < -0.3 is 10.1 Å². The van der Waals surface area contributed by atoms with Crippen LogP contribution in [0.3, 0.4) is 0 Å². The molecular formula is C22H26N2O4S. The molecule has 2 aromatic carbocycles. The van der Waals surface area contributed by atoms with Crippen LogP contribution < -0.4 is 14.4 Å². The predicted molar refractivity (Wildman–Crippen MR) is 114 cm³/mol. The van der Waals surface area contributed by atoms with Crippen molar-refractivity contribution in [2.24, 2.45) is 0 Å². The van der Waals surface area contributed by atoms with Gasteiger partial charge >= 0.3 is 0 Å². The van der Waals surface area contributed by atoms with Gasteiger partial charge in [0.15, 0.2) is 6.10 Å². The molecule has 7 heteroatoms. The highest BCUT2D eigenvalue weighted by Crippen LogP contribution is 2.40. The van der Waals surface area contributed by atoms with Gasteiger partial charge in [-0.05, 0) is 35.2 Å². The predicted octanol–water partition coefficient (Wildman–Crippen LogP) is 3.24. The van der Waals surface area contributed by atoms with Crippen molar-refractivity contribution >= 4 is 21.6 Å². The second-order valence-electron chi connectivity index (χ2n) is 7.92. The second kappa shape index (κ2) is 7.91. The Balaban J connectivity index is 2.09. The Morgan fingerprint density at radius 1 is 1.24 bits per heavy atom. The van der Waals surface area contributed by atoms with Crippen LogP contribution in [0.25, 0.3) is 0 Å². The zero-order chi connectivity index (χ0) is 21.2. The van der Waals surface area contributed by atoms with Gasteiger partial charge in [0.05, 0.1) is 17.1 Å². The first kappa shape index (κ1) is 20.9. The zero-order valence-corrected chi connectivity index (χ0v) is 17.7. The summed E-state index contributed by atoms with van der Waals surface area (Å²) in [7, 11) is -3.87. The van der Waals surface area contributed by atoms with E-state index >= 15 is 0 Å². The number of nitrogens with zero attached hydrogens (tertiary/aromatic N) is 1. The van der Waals surface area contributed by atoms with Crippen molar-refractivity contribution in [2.75, 3.05) is 17.4 Å². The maximum Gasteiger partial charge on any atom is 0.264 e. The summed E-state index contributed by atoms with van der Waals surface area (Å²) in [5.41, 5.74) is 1.24. The fraction of sp³-hybridized carbons (Fsp3) is 0.318. The number of carbonyl (C=O) groups excluding carboxylic acids is 1. The van der Waals surface area contributed by atoms with Crippen LogP contribution in [-0.4, -0.2) is 33.5 Å². The number of benzene rings is 2. The van der Waals surface area contributed by atoms with Gasteiger partial charge in [-0.25, -0.2) is 8.42 Å². The summed E-state index contributed by atoms with van der Waals surface area (Å²) in [5, 5.41) is 2.68. The lowest BCUT2D eigenvalue weighted by atomic mass is 9.86. The number of ether oxygens (including phenoxy) is 1. The Morgan fingerprint density at radius 3 is 2.55 bits per heavy atom. The van der Waals surface area contributed by atoms with E-state index in [9.17, 15) is 13.2 Å². The fourth-order valence-electron chi connectivity index (χ4n) is 3.09. The van der Waals surface area contributed by atoms with Gasteiger partial charge in [-0.15, -0.1) is 6.58 Å². The Morgan fingerprint density at radius 2 is 1.93 bits per heavy atom. The Labute approximate surface area is 172 Å². The van der Waals surface area contributed by atoms with Gasteiger partial charge in [0.1, 0.15) is 5.75 Å². The number of fused-ring (bicyclic) bond motifs is 1. The Hall–Kier alpha value is -2.80. The highest BCUT2D eigenvalue weighted by Gasteiger charge is 2.38. The lowest BCUT2D eigenvalue weighted by Crippen LogP contribution is -2.50. The van der Waals surface area contributed by atoms with E-state index in [0.717, 1.165) is 5.56 Å². The monoisotopic (exact) mass is 414 g/mol. The molecule has 0 aromatic heterocycles. The number of sulfonamides is 1. The lowest BCUT2D eigenvalue weighted by molar-refractivity contribution is -0.127. The molecule has 0 bridgehead atoms. The number of hydrogen-bond acceptors (Lipinski definition) is 4. The van der Waals surface area contributed by atoms with E-state index in [1.165, 1.54) is 4.31 Å². The molecule has 1 unspecified atom stereocenters. The highest BCUT2D eigenvalue weighted by atomic mass is 32.2. The molecule has 0 saturated heterocycles. The van der Waals surface area contributed by atoms with E-state index in [-0.39, 0.29) is 29.3 Å².